The second kappa shape index (κ2) is 7.15. The average molecular weight is 290 g/mol. The molecule has 0 unspecified atom stereocenters. The highest BCUT2D eigenvalue weighted by Crippen LogP contribution is 2.08. The van der Waals surface area contributed by atoms with Crippen LogP contribution in [-0.4, -0.2) is 44.8 Å². The Balaban J connectivity index is 2.50. The second-order valence-corrected chi connectivity index (χ2v) is 5.81. The van der Waals surface area contributed by atoms with E-state index in [0.29, 0.717) is 5.76 Å². The van der Waals surface area contributed by atoms with Crippen molar-refractivity contribution in [1.29, 1.82) is 0 Å². The minimum atomic E-state index is -3.37. The zero-order valence-corrected chi connectivity index (χ0v) is 11.8. The lowest BCUT2D eigenvalue weighted by Crippen LogP contribution is -2.37. The number of amides is 1. The summed E-state index contributed by atoms with van der Waals surface area (Å²) in [6.45, 7) is 2.43. The molecule has 0 fully saturated rings. The smallest absolute Gasteiger partial charge is 0.407 e. The first-order valence-electron chi connectivity index (χ1n) is 5.81. The molecule has 1 rings (SSSR count). The second-order valence-electron chi connectivity index (χ2n) is 3.82. The van der Waals surface area contributed by atoms with E-state index in [4.69, 9.17) is 4.42 Å². The molecule has 7 nitrogen and oxygen atoms in total. The molecule has 0 aromatic carbocycles. The van der Waals surface area contributed by atoms with Gasteiger partial charge in [-0.3, -0.25) is 0 Å². The minimum absolute atomic E-state index is 0.135. The fourth-order valence-corrected chi connectivity index (χ4v) is 2.19. The summed E-state index contributed by atoms with van der Waals surface area (Å²) in [6.07, 6.45) is 2.03. The van der Waals surface area contributed by atoms with Gasteiger partial charge in [0.15, 0.2) is 0 Å². The topological polar surface area (TPSA) is 88.8 Å². The van der Waals surface area contributed by atoms with Crippen LogP contribution in [-0.2, 0) is 21.3 Å². The Morgan fingerprint density at radius 3 is 2.79 bits per heavy atom. The van der Waals surface area contributed by atoms with Gasteiger partial charge >= 0.3 is 6.09 Å². The van der Waals surface area contributed by atoms with E-state index in [2.05, 4.69) is 10.1 Å². The summed E-state index contributed by atoms with van der Waals surface area (Å²) < 4.78 is 34.2. The molecule has 19 heavy (non-hydrogen) atoms. The van der Waals surface area contributed by atoms with Crippen LogP contribution in [0.1, 0.15) is 12.7 Å². The lowest BCUT2D eigenvalue weighted by atomic mass is 10.4. The summed E-state index contributed by atoms with van der Waals surface area (Å²) in [6, 6.07) is 3.38. The van der Waals surface area contributed by atoms with Crippen molar-refractivity contribution in [2.45, 2.75) is 13.5 Å². The summed E-state index contributed by atoms with van der Waals surface area (Å²) in [7, 11) is -3.37. The fraction of sp³-hybridized carbons (Fsp3) is 0.545. The molecular weight excluding hydrogens is 272 g/mol. The van der Waals surface area contributed by atoms with E-state index in [9.17, 15) is 13.2 Å². The van der Waals surface area contributed by atoms with Crippen molar-refractivity contribution in [3.8, 4) is 0 Å². The summed E-state index contributed by atoms with van der Waals surface area (Å²) >= 11 is 0. The molecule has 0 aliphatic heterocycles. The lowest BCUT2D eigenvalue weighted by molar-refractivity contribution is 0.151. The number of rotatable bonds is 7. The molecule has 1 N–H and O–H groups in total. The zero-order valence-electron chi connectivity index (χ0n) is 11.0. The van der Waals surface area contributed by atoms with Gasteiger partial charge in [-0.2, -0.15) is 4.31 Å². The maximum Gasteiger partial charge on any atom is 0.407 e. The van der Waals surface area contributed by atoms with Crippen molar-refractivity contribution in [1.82, 2.24) is 9.62 Å². The van der Waals surface area contributed by atoms with E-state index < -0.39 is 16.1 Å². The average Bonchev–Trinajstić information content (AvgIpc) is 2.79. The maximum absolute atomic E-state index is 11.6. The molecule has 1 aromatic heterocycles. The van der Waals surface area contributed by atoms with E-state index in [1.165, 1.54) is 10.6 Å². The van der Waals surface area contributed by atoms with Gasteiger partial charge in [-0.1, -0.05) is 0 Å². The van der Waals surface area contributed by atoms with Crippen LogP contribution in [0.15, 0.2) is 22.8 Å². The molecule has 0 saturated carbocycles. The van der Waals surface area contributed by atoms with Crippen LogP contribution in [0.3, 0.4) is 0 Å². The number of hydrogen-bond donors (Lipinski definition) is 1. The van der Waals surface area contributed by atoms with Gasteiger partial charge in [0.1, 0.15) is 5.76 Å². The molecular formula is C11H18N2O5S. The van der Waals surface area contributed by atoms with Crippen LogP contribution in [0, 0.1) is 0 Å². The van der Waals surface area contributed by atoms with Gasteiger partial charge in [0.2, 0.25) is 10.0 Å². The number of carbonyl (C=O) groups excluding carboxylic acids is 1. The standard InChI is InChI=1S/C11H18N2O5S/c1-3-17-11(14)12-6-7-13(19(2,15)16)9-10-5-4-8-18-10/h4-5,8H,3,6-7,9H2,1-2H3,(H,12,14). The quantitative estimate of drug-likeness (QED) is 0.802. The van der Waals surface area contributed by atoms with Crippen LogP contribution in [0.2, 0.25) is 0 Å². The van der Waals surface area contributed by atoms with Crippen LogP contribution in [0.25, 0.3) is 0 Å². The van der Waals surface area contributed by atoms with Crippen LogP contribution in [0.5, 0.6) is 0 Å². The Labute approximate surface area is 112 Å². The molecule has 1 aromatic rings. The van der Waals surface area contributed by atoms with Crippen molar-refractivity contribution >= 4 is 16.1 Å². The Kier molecular flexibility index (Phi) is 5.84. The predicted octanol–water partition coefficient (Wildman–Crippen LogP) is 0.787. The molecule has 108 valence electrons. The fourth-order valence-electron chi connectivity index (χ4n) is 1.40. The molecule has 0 bridgehead atoms. The molecule has 0 atom stereocenters. The molecule has 0 saturated heterocycles. The van der Waals surface area contributed by atoms with Crippen molar-refractivity contribution in [3.63, 3.8) is 0 Å². The molecule has 1 heterocycles. The van der Waals surface area contributed by atoms with E-state index in [1.54, 1.807) is 19.1 Å². The summed E-state index contributed by atoms with van der Waals surface area (Å²) in [5, 5.41) is 2.47. The largest absolute Gasteiger partial charge is 0.468 e. The molecule has 8 heteroatoms. The predicted molar refractivity (Wildman–Crippen MR) is 69.0 cm³/mol. The Bertz CT molecular complexity index is 483. The first-order chi connectivity index (χ1) is 8.93. The third kappa shape index (κ3) is 5.75. The Morgan fingerprint density at radius 1 is 1.53 bits per heavy atom. The van der Waals surface area contributed by atoms with E-state index in [0.717, 1.165) is 6.26 Å². The van der Waals surface area contributed by atoms with Crippen molar-refractivity contribution < 1.29 is 22.4 Å². The van der Waals surface area contributed by atoms with E-state index in [1.807, 2.05) is 0 Å². The van der Waals surface area contributed by atoms with Crippen molar-refractivity contribution in [3.05, 3.63) is 24.2 Å². The molecule has 1 amide bonds. The number of carbonyl (C=O) groups is 1. The Hall–Kier alpha value is -1.54. The maximum atomic E-state index is 11.6. The summed E-state index contributed by atoms with van der Waals surface area (Å²) in [5.74, 6) is 0.543. The van der Waals surface area contributed by atoms with Crippen LogP contribution in [0.4, 0.5) is 4.79 Å². The summed E-state index contributed by atoms with van der Waals surface area (Å²) in [4.78, 5) is 11.1. The van der Waals surface area contributed by atoms with Gasteiger partial charge < -0.3 is 14.5 Å². The van der Waals surface area contributed by atoms with E-state index >= 15 is 0 Å². The van der Waals surface area contributed by atoms with Crippen molar-refractivity contribution in [2.75, 3.05) is 26.0 Å². The van der Waals surface area contributed by atoms with Gasteiger partial charge in [0.05, 0.1) is 25.7 Å². The molecule has 0 spiro atoms. The van der Waals surface area contributed by atoms with Crippen LogP contribution >= 0.6 is 0 Å². The monoisotopic (exact) mass is 290 g/mol. The molecule has 0 radical (unpaired) electrons. The van der Waals surface area contributed by atoms with Gasteiger partial charge in [-0.25, -0.2) is 13.2 Å². The lowest BCUT2D eigenvalue weighted by Gasteiger charge is -2.18. The first kappa shape index (κ1) is 15.5. The van der Waals surface area contributed by atoms with Crippen LogP contribution < -0.4 is 5.32 Å². The number of hydrogen-bond acceptors (Lipinski definition) is 5. The highest BCUT2D eigenvalue weighted by Gasteiger charge is 2.18. The highest BCUT2D eigenvalue weighted by molar-refractivity contribution is 7.88. The SMILES string of the molecule is CCOC(=O)NCCN(Cc1ccco1)S(C)(=O)=O. The summed E-state index contributed by atoms with van der Waals surface area (Å²) in [5.41, 5.74) is 0. The first-order valence-corrected chi connectivity index (χ1v) is 7.66. The minimum Gasteiger partial charge on any atom is -0.468 e. The van der Waals surface area contributed by atoms with Gasteiger partial charge in [0, 0.05) is 13.1 Å². The number of alkyl carbamates (subject to hydrolysis) is 1. The van der Waals surface area contributed by atoms with Gasteiger partial charge in [-0.05, 0) is 19.1 Å². The number of nitrogens with one attached hydrogen (secondary N) is 1. The third-order valence-electron chi connectivity index (χ3n) is 2.29. The number of nitrogens with zero attached hydrogens (tertiary/aromatic N) is 1. The highest BCUT2D eigenvalue weighted by atomic mass is 32.2. The van der Waals surface area contributed by atoms with Crippen molar-refractivity contribution in [2.24, 2.45) is 0 Å². The molecule has 0 aliphatic carbocycles. The van der Waals surface area contributed by atoms with Gasteiger partial charge in [-0.15, -0.1) is 0 Å². The number of ether oxygens (including phenoxy) is 1. The Morgan fingerprint density at radius 2 is 2.26 bits per heavy atom. The molecule has 0 aliphatic rings. The number of sulfonamides is 1. The van der Waals surface area contributed by atoms with Gasteiger partial charge in [0.25, 0.3) is 0 Å². The number of furan rings is 1. The zero-order chi connectivity index (χ0) is 14.3. The van der Waals surface area contributed by atoms with E-state index in [-0.39, 0.29) is 26.2 Å². The normalized spacial score (nSPS) is 11.5. The third-order valence-corrected chi connectivity index (χ3v) is 3.54.